The van der Waals surface area contributed by atoms with Gasteiger partial charge in [-0.3, -0.25) is 4.79 Å². The van der Waals surface area contributed by atoms with Gasteiger partial charge in [0.2, 0.25) is 0 Å². The van der Waals surface area contributed by atoms with Gasteiger partial charge in [0.15, 0.2) is 15.8 Å². The number of nitrogens with two attached hydrogens (primary N) is 2. The molecule has 1 rings (SSSR count). The highest BCUT2D eigenvalue weighted by molar-refractivity contribution is 7.90. The summed E-state index contributed by atoms with van der Waals surface area (Å²) in [5.74, 6) is -1.17. The summed E-state index contributed by atoms with van der Waals surface area (Å²) in [6.07, 6.45) is 5.72. The van der Waals surface area contributed by atoms with Crippen molar-refractivity contribution in [3.63, 3.8) is 0 Å². The lowest BCUT2D eigenvalue weighted by Crippen LogP contribution is -2.24. The summed E-state index contributed by atoms with van der Waals surface area (Å²) in [4.78, 5) is 15.4. The van der Waals surface area contributed by atoms with Gasteiger partial charge in [0.05, 0.1) is 15.5 Å². The molecule has 0 aliphatic carbocycles. The van der Waals surface area contributed by atoms with E-state index >= 15 is 0 Å². The lowest BCUT2D eigenvalue weighted by Gasteiger charge is -2.11. The number of hydrogen-bond acceptors (Lipinski definition) is 3. The summed E-state index contributed by atoms with van der Waals surface area (Å²) in [5.41, 5.74) is 10.9. The molecule has 0 atom stereocenters. The van der Waals surface area contributed by atoms with E-state index in [4.69, 9.17) is 23.1 Å². The molecule has 128 valence electrons. The van der Waals surface area contributed by atoms with Crippen LogP contribution in [0.4, 0.5) is 0 Å². The highest BCUT2D eigenvalue weighted by Gasteiger charge is 2.20. The Morgan fingerprint density at radius 1 is 1.22 bits per heavy atom. The van der Waals surface area contributed by atoms with Crippen LogP contribution in [0.2, 0.25) is 5.02 Å². The molecule has 0 aromatic heterocycles. The van der Waals surface area contributed by atoms with E-state index in [0.29, 0.717) is 12.0 Å². The number of carbonyl (C=O) groups excluding carboxylic acids is 1. The number of guanidine groups is 1. The third kappa shape index (κ3) is 5.84. The van der Waals surface area contributed by atoms with E-state index in [1.807, 2.05) is 0 Å². The van der Waals surface area contributed by atoms with E-state index < -0.39 is 21.7 Å². The number of aryl methyl sites for hydroxylation is 1. The Morgan fingerprint density at radius 3 is 2.39 bits per heavy atom. The van der Waals surface area contributed by atoms with E-state index in [2.05, 4.69) is 11.9 Å². The number of benzene rings is 1. The molecule has 0 heterocycles. The molecule has 23 heavy (non-hydrogen) atoms. The van der Waals surface area contributed by atoms with Crippen LogP contribution in [0.5, 0.6) is 0 Å². The predicted octanol–water partition coefficient (Wildman–Crippen LogP) is 2.28. The first-order valence-corrected chi connectivity index (χ1v) is 9.60. The number of hydrogen-bond donors (Lipinski definition) is 2. The number of aliphatic imine (C=N–C) groups is 1. The predicted molar refractivity (Wildman–Crippen MR) is 92.5 cm³/mol. The maximum Gasteiger partial charge on any atom is 0.281 e. The lowest BCUT2D eigenvalue weighted by atomic mass is 10.0. The van der Waals surface area contributed by atoms with Gasteiger partial charge in [-0.15, -0.1) is 0 Å². The number of unbranched alkanes of at least 4 members (excludes halogenated alkanes) is 3. The fourth-order valence-corrected chi connectivity index (χ4v) is 3.45. The first-order chi connectivity index (χ1) is 10.7. The van der Waals surface area contributed by atoms with Crippen molar-refractivity contribution in [1.82, 2.24) is 0 Å². The molecule has 0 saturated heterocycles. The van der Waals surface area contributed by atoms with Gasteiger partial charge in [-0.25, -0.2) is 8.42 Å². The Hall–Kier alpha value is -1.60. The second-order valence-electron chi connectivity index (χ2n) is 5.36. The monoisotopic (exact) mass is 359 g/mol. The summed E-state index contributed by atoms with van der Waals surface area (Å²) < 4.78 is 24.0. The summed E-state index contributed by atoms with van der Waals surface area (Å²) in [6, 6.07) is 2.76. The second kappa shape index (κ2) is 8.31. The molecule has 0 radical (unpaired) electrons. The van der Waals surface area contributed by atoms with E-state index in [9.17, 15) is 13.2 Å². The molecule has 6 nitrogen and oxygen atoms in total. The minimum Gasteiger partial charge on any atom is -0.370 e. The Morgan fingerprint density at radius 2 is 1.87 bits per heavy atom. The van der Waals surface area contributed by atoms with Crippen molar-refractivity contribution in [2.45, 2.75) is 43.9 Å². The van der Waals surface area contributed by atoms with Gasteiger partial charge in [0, 0.05) is 6.26 Å². The summed E-state index contributed by atoms with van der Waals surface area (Å²) in [6.45, 7) is 2.10. The van der Waals surface area contributed by atoms with Gasteiger partial charge in [-0.2, -0.15) is 4.99 Å². The Bertz CT molecular complexity index is 711. The zero-order chi connectivity index (χ0) is 17.6. The fraction of sp³-hybridized carbons (Fsp3) is 0.467. The smallest absolute Gasteiger partial charge is 0.281 e. The second-order valence-corrected chi connectivity index (χ2v) is 7.76. The standard InChI is InChI=1S/C15H22ClN3O3S/c1-3-4-5-6-7-10-8-12(16)11(14(20)19-15(17)18)9-13(10)23(2,21)22/h8-9H,3-7H2,1-2H3,(H4,17,18,19,20). The molecule has 1 aromatic carbocycles. The van der Waals surface area contributed by atoms with E-state index in [1.54, 1.807) is 0 Å². The maximum absolute atomic E-state index is 12.0. The van der Waals surface area contributed by atoms with Crippen molar-refractivity contribution in [2.75, 3.05) is 6.26 Å². The summed E-state index contributed by atoms with van der Waals surface area (Å²) in [7, 11) is -3.50. The van der Waals surface area contributed by atoms with Crippen LogP contribution in [0.15, 0.2) is 22.0 Å². The lowest BCUT2D eigenvalue weighted by molar-refractivity contribution is 0.100. The first-order valence-electron chi connectivity index (χ1n) is 7.33. The Kier molecular flexibility index (Phi) is 7.02. The van der Waals surface area contributed by atoms with Gasteiger partial charge in [-0.1, -0.05) is 37.8 Å². The molecule has 0 aliphatic rings. The molecule has 8 heteroatoms. The quantitative estimate of drug-likeness (QED) is 0.440. The zero-order valence-electron chi connectivity index (χ0n) is 13.3. The SMILES string of the molecule is CCCCCCc1cc(Cl)c(C(=O)N=C(N)N)cc1S(C)(=O)=O. The minimum absolute atomic E-state index is 0.0298. The van der Waals surface area contributed by atoms with Crippen LogP contribution in [0.1, 0.15) is 48.5 Å². The van der Waals surface area contributed by atoms with Gasteiger partial charge in [0.25, 0.3) is 5.91 Å². The van der Waals surface area contributed by atoms with Gasteiger partial charge in [-0.05, 0) is 30.5 Å². The van der Waals surface area contributed by atoms with Crippen molar-refractivity contribution < 1.29 is 13.2 Å². The molecule has 1 amide bonds. The van der Waals surface area contributed by atoms with Crippen molar-refractivity contribution in [3.05, 3.63) is 28.3 Å². The van der Waals surface area contributed by atoms with Crippen LogP contribution in [0, 0.1) is 0 Å². The average molecular weight is 360 g/mol. The number of rotatable bonds is 7. The molecular formula is C15H22ClN3O3S. The molecule has 0 fully saturated rings. The van der Waals surface area contributed by atoms with Gasteiger partial charge < -0.3 is 11.5 Å². The van der Waals surface area contributed by atoms with Gasteiger partial charge >= 0.3 is 0 Å². The number of amides is 1. The molecular weight excluding hydrogens is 338 g/mol. The molecule has 4 N–H and O–H groups in total. The molecule has 0 bridgehead atoms. The van der Waals surface area contributed by atoms with E-state index in [-0.39, 0.29) is 15.5 Å². The molecule has 0 saturated carbocycles. The van der Waals surface area contributed by atoms with Crippen molar-refractivity contribution in [2.24, 2.45) is 16.5 Å². The number of sulfone groups is 1. The highest BCUT2D eigenvalue weighted by atomic mass is 35.5. The van der Waals surface area contributed by atoms with Gasteiger partial charge in [0.1, 0.15) is 0 Å². The molecule has 0 aliphatic heterocycles. The number of nitrogens with zero attached hydrogens (tertiary/aromatic N) is 1. The maximum atomic E-state index is 12.0. The van der Waals surface area contributed by atoms with Crippen LogP contribution in [0.25, 0.3) is 0 Å². The van der Waals surface area contributed by atoms with Crippen molar-refractivity contribution in [3.8, 4) is 0 Å². The molecule has 0 spiro atoms. The van der Waals surface area contributed by atoms with Crippen LogP contribution in [-0.2, 0) is 16.3 Å². The van der Waals surface area contributed by atoms with Crippen LogP contribution >= 0.6 is 11.6 Å². The third-order valence-corrected chi connectivity index (χ3v) is 4.80. The summed E-state index contributed by atoms with van der Waals surface area (Å²) in [5, 5.41) is 0.137. The highest BCUT2D eigenvalue weighted by Crippen LogP contribution is 2.27. The van der Waals surface area contributed by atoms with Crippen LogP contribution in [0.3, 0.4) is 0 Å². The molecule has 0 unspecified atom stereocenters. The normalized spacial score (nSPS) is 11.3. The number of carbonyl (C=O) groups is 1. The largest absolute Gasteiger partial charge is 0.370 e. The van der Waals surface area contributed by atoms with Crippen LogP contribution < -0.4 is 11.5 Å². The minimum atomic E-state index is -3.50. The molecule has 1 aromatic rings. The van der Waals surface area contributed by atoms with Crippen molar-refractivity contribution >= 4 is 33.3 Å². The van der Waals surface area contributed by atoms with Crippen LogP contribution in [-0.4, -0.2) is 26.5 Å². The fourth-order valence-electron chi connectivity index (χ4n) is 2.22. The number of halogens is 1. The topological polar surface area (TPSA) is 116 Å². The Labute approximate surface area is 141 Å². The third-order valence-electron chi connectivity index (χ3n) is 3.31. The summed E-state index contributed by atoms with van der Waals surface area (Å²) >= 11 is 6.10. The zero-order valence-corrected chi connectivity index (χ0v) is 14.9. The average Bonchev–Trinajstić information content (AvgIpc) is 2.41. The van der Waals surface area contributed by atoms with Crippen molar-refractivity contribution in [1.29, 1.82) is 0 Å². The Balaban J connectivity index is 3.25. The van der Waals surface area contributed by atoms with E-state index in [0.717, 1.165) is 31.9 Å². The first kappa shape index (κ1) is 19.4. The van der Waals surface area contributed by atoms with E-state index in [1.165, 1.54) is 12.1 Å².